The number of aliphatic hydroxyl groups excluding tert-OH is 1. The average molecular weight is 178 g/mol. The molecule has 2 heteroatoms. The minimum absolute atomic E-state index is 0.00111. The third kappa shape index (κ3) is 2.39. The van der Waals surface area contributed by atoms with Gasteiger partial charge in [-0.1, -0.05) is 30.3 Å². The second kappa shape index (κ2) is 4.19. The predicted molar refractivity (Wildman–Crippen MR) is 51.5 cm³/mol. The third-order valence-corrected chi connectivity index (χ3v) is 2.08. The van der Waals surface area contributed by atoms with E-state index in [0.29, 0.717) is 0 Å². The van der Waals surface area contributed by atoms with Crippen LogP contribution in [0, 0.1) is 0 Å². The number of hydrogen-bond acceptors (Lipinski definition) is 2. The number of ketones is 1. The van der Waals surface area contributed by atoms with E-state index >= 15 is 0 Å². The second-order valence-corrected chi connectivity index (χ2v) is 3.24. The summed E-state index contributed by atoms with van der Waals surface area (Å²) in [4.78, 5) is 11.2. The van der Waals surface area contributed by atoms with Crippen molar-refractivity contribution in [2.75, 3.05) is 0 Å². The number of Topliss-reactive ketones (excluding diaryl/α,β-unsaturated/α-hetero) is 1. The Bertz CT molecular complexity index is 277. The van der Waals surface area contributed by atoms with Crippen molar-refractivity contribution in [2.45, 2.75) is 25.9 Å². The highest BCUT2D eigenvalue weighted by atomic mass is 16.3. The molecule has 0 heterocycles. The van der Waals surface area contributed by atoms with Gasteiger partial charge in [0.25, 0.3) is 0 Å². The van der Waals surface area contributed by atoms with E-state index < -0.39 is 6.10 Å². The molecule has 2 atom stereocenters. The molecule has 0 aliphatic rings. The second-order valence-electron chi connectivity index (χ2n) is 3.24. The molecule has 0 saturated carbocycles. The van der Waals surface area contributed by atoms with Crippen LogP contribution in [0.25, 0.3) is 0 Å². The fourth-order valence-electron chi connectivity index (χ4n) is 1.51. The summed E-state index contributed by atoms with van der Waals surface area (Å²) in [6, 6.07) is 9.35. The van der Waals surface area contributed by atoms with Crippen LogP contribution < -0.4 is 0 Å². The van der Waals surface area contributed by atoms with Gasteiger partial charge in [0.15, 0.2) is 0 Å². The largest absolute Gasteiger partial charge is 0.392 e. The summed E-state index contributed by atoms with van der Waals surface area (Å²) in [7, 11) is 0. The van der Waals surface area contributed by atoms with Crippen molar-refractivity contribution in [3.8, 4) is 0 Å². The van der Waals surface area contributed by atoms with E-state index in [2.05, 4.69) is 0 Å². The van der Waals surface area contributed by atoms with Crippen LogP contribution in [0.4, 0.5) is 0 Å². The van der Waals surface area contributed by atoms with Crippen molar-refractivity contribution in [3.05, 3.63) is 35.9 Å². The van der Waals surface area contributed by atoms with Crippen molar-refractivity contribution in [1.82, 2.24) is 0 Å². The van der Waals surface area contributed by atoms with Gasteiger partial charge in [-0.2, -0.15) is 0 Å². The van der Waals surface area contributed by atoms with Gasteiger partial charge in [-0.3, -0.25) is 4.79 Å². The molecule has 0 spiro atoms. The van der Waals surface area contributed by atoms with E-state index in [4.69, 9.17) is 0 Å². The first-order valence-corrected chi connectivity index (χ1v) is 4.36. The highest BCUT2D eigenvalue weighted by molar-refractivity contribution is 5.83. The molecule has 1 rings (SSSR count). The van der Waals surface area contributed by atoms with Gasteiger partial charge >= 0.3 is 0 Å². The highest BCUT2D eigenvalue weighted by Gasteiger charge is 2.21. The lowest BCUT2D eigenvalue weighted by Gasteiger charge is -2.16. The number of rotatable bonds is 3. The third-order valence-electron chi connectivity index (χ3n) is 2.08. The molecule has 1 aromatic rings. The van der Waals surface area contributed by atoms with E-state index in [1.165, 1.54) is 6.92 Å². The molecule has 13 heavy (non-hydrogen) atoms. The molecule has 0 amide bonds. The summed E-state index contributed by atoms with van der Waals surface area (Å²) < 4.78 is 0. The summed E-state index contributed by atoms with van der Waals surface area (Å²) in [5, 5.41) is 9.42. The fraction of sp³-hybridized carbons (Fsp3) is 0.364. The first kappa shape index (κ1) is 9.93. The molecular formula is C11H14O2. The zero-order valence-corrected chi connectivity index (χ0v) is 7.90. The fourth-order valence-corrected chi connectivity index (χ4v) is 1.51. The zero-order valence-electron chi connectivity index (χ0n) is 7.90. The highest BCUT2D eigenvalue weighted by Crippen LogP contribution is 2.20. The van der Waals surface area contributed by atoms with Gasteiger partial charge < -0.3 is 5.11 Å². The van der Waals surface area contributed by atoms with E-state index in [-0.39, 0.29) is 11.7 Å². The topological polar surface area (TPSA) is 37.3 Å². The number of hydrogen-bond donors (Lipinski definition) is 1. The molecule has 0 aliphatic heterocycles. The van der Waals surface area contributed by atoms with Crippen molar-refractivity contribution < 1.29 is 9.90 Å². The maximum Gasteiger partial charge on any atom is 0.139 e. The summed E-state index contributed by atoms with van der Waals surface area (Å²) in [6.07, 6.45) is -0.625. The summed E-state index contributed by atoms with van der Waals surface area (Å²) >= 11 is 0. The van der Waals surface area contributed by atoms with E-state index in [0.717, 1.165) is 5.56 Å². The molecule has 0 aromatic heterocycles. The van der Waals surface area contributed by atoms with Crippen LogP contribution in [-0.2, 0) is 4.79 Å². The van der Waals surface area contributed by atoms with Gasteiger partial charge in [0, 0.05) is 0 Å². The molecule has 1 N–H and O–H groups in total. The molecule has 0 bridgehead atoms. The molecule has 1 aromatic carbocycles. The maximum atomic E-state index is 11.2. The Hall–Kier alpha value is -1.15. The van der Waals surface area contributed by atoms with Crippen LogP contribution in [-0.4, -0.2) is 17.0 Å². The Labute approximate surface area is 78.2 Å². The van der Waals surface area contributed by atoms with Crippen molar-refractivity contribution in [1.29, 1.82) is 0 Å². The molecule has 70 valence electrons. The Morgan fingerprint density at radius 2 is 1.85 bits per heavy atom. The number of carbonyl (C=O) groups is 1. The quantitative estimate of drug-likeness (QED) is 0.765. The minimum atomic E-state index is -0.625. The molecule has 0 fully saturated rings. The van der Waals surface area contributed by atoms with Crippen LogP contribution in [0.3, 0.4) is 0 Å². The molecule has 0 saturated heterocycles. The number of benzene rings is 1. The number of carbonyl (C=O) groups excluding carboxylic acids is 1. The minimum Gasteiger partial charge on any atom is -0.392 e. The number of aliphatic hydroxyl groups is 1. The van der Waals surface area contributed by atoms with Crippen LogP contribution in [0.5, 0.6) is 0 Å². The Balaban J connectivity index is 2.96. The van der Waals surface area contributed by atoms with Gasteiger partial charge in [-0.25, -0.2) is 0 Å². The lowest BCUT2D eigenvalue weighted by atomic mass is 9.91. The van der Waals surface area contributed by atoms with E-state index in [1.807, 2.05) is 30.3 Å². The van der Waals surface area contributed by atoms with Gasteiger partial charge in [-0.15, -0.1) is 0 Å². The first-order chi connectivity index (χ1) is 6.13. The van der Waals surface area contributed by atoms with Gasteiger partial charge in [0.05, 0.1) is 12.0 Å². The Morgan fingerprint density at radius 3 is 2.23 bits per heavy atom. The zero-order chi connectivity index (χ0) is 9.84. The Morgan fingerprint density at radius 1 is 1.31 bits per heavy atom. The molecule has 2 nitrogen and oxygen atoms in total. The Kier molecular flexibility index (Phi) is 3.20. The van der Waals surface area contributed by atoms with Gasteiger partial charge in [0.2, 0.25) is 0 Å². The summed E-state index contributed by atoms with van der Waals surface area (Å²) in [5.41, 5.74) is 0.880. The average Bonchev–Trinajstić information content (AvgIpc) is 2.04. The molecular weight excluding hydrogens is 164 g/mol. The standard InChI is InChI=1S/C11H14O2/c1-8(12)11(9(2)13)10-6-4-3-5-7-10/h3-8,11-12H,1-2H3/t8-,11+/m0/s1. The monoisotopic (exact) mass is 178 g/mol. The molecule has 0 radical (unpaired) electrons. The van der Waals surface area contributed by atoms with Crippen LogP contribution in [0.2, 0.25) is 0 Å². The maximum absolute atomic E-state index is 11.2. The van der Waals surface area contributed by atoms with E-state index in [1.54, 1.807) is 6.92 Å². The lowest BCUT2D eigenvalue weighted by molar-refractivity contribution is -0.120. The molecule has 0 aliphatic carbocycles. The van der Waals surface area contributed by atoms with Gasteiger partial charge in [0.1, 0.15) is 5.78 Å². The lowest BCUT2D eigenvalue weighted by Crippen LogP contribution is -2.21. The summed E-state index contributed by atoms with van der Waals surface area (Å²) in [5.74, 6) is -0.387. The summed E-state index contributed by atoms with van der Waals surface area (Å²) in [6.45, 7) is 3.14. The normalized spacial score (nSPS) is 15.0. The SMILES string of the molecule is CC(=O)[C@H](c1ccccc1)[C@H](C)O. The first-order valence-electron chi connectivity index (χ1n) is 4.36. The van der Waals surface area contributed by atoms with Gasteiger partial charge in [-0.05, 0) is 19.4 Å². The van der Waals surface area contributed by atoms with Crippen molar-refractivity contribution >= 4 is 5.78 Å². The smallest absolute Gasteiger partial charge is 0.139 e. The molecule has 0 unspecified atom stereocenters. The van der Waals surface area contributed by atoms with E-state index in [9.17, 15) is 9.90 Å². The van der Waals surface area contributed by atoms with Crippen LogP contribution in [0.15, 0.2) is 30.3 Å². The van der Waals surface area contributed by atoms with Crippen molar-refractivity contribution in [3.63, 3.8) is 0 Å². The van der Waals surface area contributed by atoms with Crippen molar-refractivity contribution in [2.24, 2.45) is 0 Å². The van der Waals surface area contributed by atoms with Crippen LogP contribution >= 0.6 is 0 Å². The van der Waals surface area contributed by atoms with Crippen LogP contribution in [0.1, 0.15) is 25.3 Å². The predicted octanol–water partition coefficient (Wildman–Crippen LogP) is 1.74.